The van der Waals surface area contributed by atoms with Crippen molar-refractivity contribution in [3.8, 4) is 11.5 Å². The fourth-order valence-corrected chi connectivity index (χ4v) is 2.89. The molecule has 3 nitrogen and oxygen atoms in total. The Kier molecular flexibility index (Phi) is 5.35. The van der Waals surface area contributed by atoms with Gasteiger partial charge < -0.3 is 15.6 Å². The van der Waals surface area contributed by atoms with Crippen LogP contribution in [0.3, 0.4) is 0 Å². The molecule has 3 rings (SSSR count). The zero-order chi connectivity index (χ0) is 14.9. The maximum Gasteiger partial charge on any atom is 0.146 e. The Labute approximate surface area is 141 Å². The summed E-state index contributed by atoms with van der Waals surface area (Å²) in [5, 5.41) is 9.99. The highest BCUT2D eigenvalue weighted by atomic mass is 35.5. The number of aryl methyl sites for hydroxylation is 1. The van der Waals surface area contributed by atoms with Gasteiger partial charge in [-0.25, -0.2) is 0 Å². The van der Waals surface area contributed by atoms with Crippen molar-refractivity contribution in [3.63, 3.8) is 0 Å². The molecule has 1 aliphatic carbocycles. The first-order chi connectivity index (χ1) is 10.1. The summed E-state index contributed by atoms with van der Waals surface area (Å²) in [6.07, 6.45) is 2.34. The average Bonchev–Trinajstić information content (AvgIpc) is 2.50. The van der Waals surface area contributed by atoms with Gasteiger partial charge in [0.1, 0.15) is 11.5 Å². The van der Waals surface area contributed by atoms with Crippen molar-refractivity contribution in [1.29, 1.82) is 0 Å². The summed E-state index contributed by atoms with van der Waals surface area (Å²) in [6, 6.07) is 13.4. The summed E-state index contributed by atoms with van der Waals surface area (Å²) in [4.78, 5) is 0. The van der Waals surface area contributed by atoms with Crippen LogP contribution >= 0.6 is 24.0 Å². The summed E-state index contributed by atoms with van der Waals surface area (Å²) in [5.74, 6) is 1.42. The Morgan fingerprint density at radius 3 is 2.68 bits per heavy atom. The molecular formula is C17H19Cl2NO2. The Morgan fingerprint density at radius 1 is 1.18 bits per heavy atom. The smallest absolute Gasteiger partial charge is 0.146 e. The number of aliphatic hydroxyl groups is 1. The van der Waals surface area contributed by atoms with Gasteiger partial charge in [0.05, 0.1) is 11.6 Å². The third-order valence-corrected chi connectivity index (χ3v) is 4.30. The molecule has 0 aliphatic heterocycles. The van der Waals surface area contributed by atoms with Crippen molar-refractivity contribution in [2.24, 2.45) is 5.73 Å². The molecule has 118 valence electrons. The highest BCUT2D eigenvalue weighted by molar-refractivity contribution is 6.32. The molecule has 2 aromatic rings. The highest BCUT2D eigenvalue weighted by Crippen LogP contribution is 2.33. The molecule has 0 saturated carbocycles. The van der Waals surface area contributed by atoms with Crippen LogP contribution in [0.1, 0.15) is 17.5 Å². The molecule has 0 radical (unpaired) electrons. The minimum atomic E-state index is -0.488. The number of nitrogens with two attached hydrogens (primary N) is 1. The van der Waals surface area contributed by atoms with Gasteiger partial charge in [0.15, 0.2) is 0 Å². The van der Waals surface area contributed by atoms with Crippen LogP contribution in [0.2, 0.25) is 5.02 Å². The minimum absolute atomic E-state index is 0. The van der Waals surface area contributed by atoms with Gasteiger partial charge in [0.2, 0.25) is 0 Å². The van der Waals surface area contributed by atoms with E-state index in [1.807, 2.05) is 36.4 Å². The van der Waals surface area contributed by atoms with Crippen LogP contribution in [0.4, 0.5) is 0 Å². The van der Waals surface area contributed by atoms with E-state index in [4.69, 9.17) is 22.1 Å². The first-order valence-electron chi connectivity index (χ1n) is 7.04. The third-order valence-electron chi connectivity index (χ3n) is 3.99. The van der Waals surface area contributed by atoms with Gasteiger partial charge in [-0.3, -0.25) is 0 Å². The van der Waals surface area contributed by atoms with Crippen molar-refractivity contribution >= 4 is 24.0 Å². The second-order valence-corrected chi connectivity index (χ2v) is 6.07. The number of hydrogen-bond acceptors (Lipinski definition) is 3. The van der Waals surface area contributed by atoms with E-state index in [2.05, 4.69) is 0 Å². The van der Waals surface area contributed by atoms with E-state index < -0.39 is 5.54 Å². The molecule has 0 heterocycles. The van der Waals surface area contributed by atoms with E-state index in [0.717, 1.165) is 18.6 Å². The second kappa shape index (κ2) is 6.88. The van der Waals surface area contributed by atoms with Crippen molar-refractivity contribution in [1.82, 2.24) is 0 Å². The third kappa shape index (κ3) is 3.55. The average molecular weight is 340 g/mol. The van der Waals surface area contributed by atoms with Crippen LogP contribution in [0.25, 0.3) is 0 Å². The number of para-hydroxylation sites is 1. The Bertz CT molecular complexity index is 663. The molecule has 5 heteroatoms. The molecule has 3 N–H and O–H groups in total. The first kappa shape index (κ1) is 17.1. The lowest BCUT2D eigenvalue weighted by Crippen LogP contribution is -2.48. The molecule has 2 aromatic carbocycles. The number of fused-ring (bicyclic) bond motifs is 1. The lowest BCUT2D eigenvalue weighted by Gasteiger charge is -2.33. The second-order valence-electron chi connectivity index (χ2n) is 5.66. The lowest BCUT2D eigenvalue weighted by molar-refractivity contribution is 0.181. The van der Waals surface area contributed by atoms with Crippen LogP contribution in [-0.2, 0) is 12.8 Å². The summed E-state index contributed by atoms with van der Waals surface area (Å²) >= 11 is 6.10. The molecular weight excluding hydrogens is 321 g/mol. The summed E-state index contributed by atoms with van der Waals surface area (Å²) in [5.41, 5.74) is 8.08. The van der Waals surface area contributed by atoms with Crippen LogP contribution in [0.15, 0.2) is 42.5 Å². The van der Waals surface area contributed by atoms with Gasteiger partial charge in [-0.1, -0.05) is 29.8 Å². The van der Waals surface area contributed by atoms with Crippen molar-refractivity contribution in [2.75, 3.05) is 6.61 Å². The molecule has 0 spiro atoms. The molecule has 22 heavy (non-hydrogen) atoms. The van der Waals surface area contributed by atoms with Gasteiger partial charge in [-0.05, 0) is 54.7 Å². The molecule has 1 atom stereocenters. The molecule has 0 saturated heterocycles. The van der Waals surface area contributed by atoms with E-state index in [-0.39, 0.29) is 19.0 Å². The maximum absolute atomic E-state index is 9.39. The molecule has 0 aromatic heterocycles. The highest BCUT2D eigenvalue weighted by Gasteiger charge is 2.29. The van der Waals surface area contributed by atoms with E-state index in [9.17, 15) is 5.11 Å². The van der Waals surface area contributed by atoms with Crippen LogP contribution in [-0.4, -0.2) is 17.3 Å². The largest absolute Gasteiger partial charge is 0.456 e. The van der Waals surface area contributed by atoms with E-state index in [1.165, 1.54) is 11.1 Å². The SMILES string of the molecule is Cl.NC1(CO)CCc2cc(Oc3ccccc3Cl)ccc2C1. The van der Waals surface area contributed by atoms with Crippen LogP contribution in [0, 0.1) is 0 Å². The number of ether oxygens (including phenoxy) is 1. The Morgan fingerprint density at radius 2 is 1.95 bits per heavy atom. The number of halogens is 2. The monoisotopic (exact) mass is 339 g/mol. The molecule has 1 unspecified atom stereocenters. The van der Waals surface area contributed by atoms with Gasteiger partial charge >= 0.3 is 0 Å². The van der Waals surface area contributed by atoms with Crippen molar-refractivity contribution < 1.29 is 9.84 Å². The van der Waals surface area contributed by atoms with E-state index in [1.54, 1.807) is 6.07 Å². The number of benzene rings is 2. The van der Waals surface area contributed by atoms with Crippen LogP contribution < -0.4 is 10.5 Å². The molecule has 1 aliphatic rings. The van der Waals surface area contributed by atoms with Crippen molar-refractivity contribution in [2.45, 2.75) is 24.8 Å². The maximum atomic E-state index is 9.39. The predicted molar refractivity (Wildman–Crippen MR) is 91.2 cm³/mol. The summed E-state index contributed by atoms with van der Waals surface area (Å²) in [7, 11) is 0. The standard InChI is InChI=1S/C17H18ClNO2.ClH/c18-15-3-1-2-4-16(15)21-14-6-5-13-10-17(19,11-20)8-7-12(13)9-14;/h1-6,9,20H,7-8,10-11,19H2;1H. The first-order valence-corrected chi connectivity index (χ1v) is 7.41. The zero-order valence-corrected chi connectivity index (χ0v) is 13.7. The minimum Gasteiger partial charge on any atom is -0.456 e. The van der Waals surface area contributed by atoms with Crippen LogP contribution in [0.5, 0.6) is 11.5 Å². The Hall–Kier alpha value is -1.26. The normalized spacial score (nSPS) is 20.0. The summed E-state index contributed by atoms with van der Waals surface area (Å²) < 4.78 is 5.84. The fourth-order valence-electron chi connectivity index (χ4n) is 2.71. The number of aliphatic hydroxyl groups excluding tert-OH is 1. The molecule has 0 amide bonds. The predicted octanol–water partition coefficient (Wildman–Crippen LogP) is 3.73. The number of hydrogen-bond donors (Lipinski definition) is 2. The fraction of sp³-hybridized carbons (Fsp3) is 0.294. The van der Waals surface area contributed by atoms with Gasteiger partial charge in [-0.2, -0.15) is 0 Å². The number of rotatable bonds is 3. The molecule has 0 bridgehead atoms. The van der Waals surface area contributed by atoms with E-state index >= 15 is 0 Å². The van der Waals surface area contributed by atoms with Gasteiger partial charge in [0, 0.05) is 5.54 Å². The van der Waals surface area contributed by atoms with Crippen molar-refractivity contribution in [3.05, 3.63) is 58.6 Å². The zero-order valence-electron chi connectivity index (χ0n) is 12.1. The topological polar surface area (TPSA) is 55.5 Å². The summed E-state index contributed by atoms with van der Waals surface area (Å²) in [6.45, 7) is 0.0182. The molecule has 0 fully saturated rings. The van der Waals surface area contributed by atoms with Gasteiger partial charge in [0.25, 0.3) is 0 Å². The van der Waals surface area contributed by atoms with E-state index in [0.29, 0.717) is 17.2 Å². The lowest BCUT2D eigenvalue weighted by atomic mass is 9.79. The Balaban J connectivity index is 0.00000176. The quantitative estimate of drug-likeness (QED) is 0.895. The van der Waals surface area contributed by atoms with Gasteiger partial charge in [-0.15, -0.1) is 12.4 Å².